The van der Waals surface area contributed by atoms with Gasteiger partial charge in [-0.3, -0.25) is 67.1 Å². The molecule has 0 radical (unpaired) electrons. The van der Waals surface area contributed by atoms with Crippen LogP contribution < -0.4 is 81.0 Å². The van der Waals surface area contributed by atoms with Crippen LogP contribution in [0, 0.1) is 29.6 Å². The highest BCUT2D eigenvalue weighted by atomic mass is 16.4. The zero-order chi connectivity index (χ0) is 78.3. The summed E-state index contributed by atoms with van der Waals surface area (Å²) in [4.78, 5) is 203. The van der Waals surface area contributed by atoms with Crippen molar-refractivity contribution in [2.75, 3.05) is 0 Å². The Bertz CT molecular complexity index is 3220. The molecule has 0 aliphatic heterocycles. The molecule has 103 heavy (non-hydrogen) atoms. The van der Waals surface area contributed by atoms with Crippen molar-refractivity contribution in [3.8, 4) is 5.75 Å². The van der Waals surface area contributed by atoms with E-state index in [4.69, 9.17) is 17.2 Å². The van der Waals surface area contributed by atoms with Gasteiger partial charge in [0, 0.05) is 25.7 Å². The van der Waals surface area contributed by atoms with Gasteiger partial charge in [-0.25, -0.2) is 4.79 Å². The van der Waals surface area contributed by atoms with Crippen LogP contribution in [0.5, 0.6) is 5.75 Å². The number of rotatable bonds is 45. The molecular weight excluding hydrogens is 1340 g/mol. The van der Waals surface area contributed by atoms with Gasteiger partial charge >= 0.3 is 5.97 Å². The van der Waals surface area contributed by atoms with Gasteiger partial charge in [0.2, 0.25) is 82.7 Å². The minimum Gasteiger partial charge on any atom is -0.508 e. The molecular formula is C70H111N15O18. The van der Waals surface area contributed by atoms with Crippen LogP contribution in [0.15, 0.2) is 54.6 Å². The Kier molecular flexibility index (Phi) is 38.0. The van der Waals surface area contributed by atoms with Gasteiger partial charge in [-0.1, -0.05) is 118 Å². The van der Waals surface area contributed by atoms with Crippen LogP contribution in [0.1, 0.15) is 159 Å². The van der Waals surface area contributed by atoms with Gasteiger partial charge in [-0.15, -0.1) is 0 Å². The van der Waals surface area contributed by atoms with Gasteiger partial charge in [-0.2, -0.15) is 0 Å². The van der Waals surface area contributed by atoms with Gasteiger partial charge in [-0.05, 0) is 113 Å². The van der Waals surface area contributed by atoms with Crippen LogP contribution in [-0.4, -0.2) is 189 Å². The Labute approximate surface area is 601 Å². The zero-order valence-electron chi connectivity index (χ0n) is 61.4. The van der Waals surface area contributed by atoms with Crippen LogP contribution >= 0.6 is 0 Å². The molecule has 2 rings (SSSR count). The number of carboxylic acid groups (broad SMARTS) is 1. The third kappa shape index (κ3) is 32.4. The van der Waals surface area contributed by atoms with E-state index in [2.05, 4.69) is 63.8 Å². The second kappa shape index (κ2) is 43.9. The van der Waals surface area contributed by atoms with Crippen LogP contribution in [0.3, 0.4) is 0 Å². The normalized spacial score (nSPS) is 15.7. The Morgan fingerprint density at radius 2 is 0.689 bits per heavy atom. The number of hydrogen-bond donors (Lipinski definition) is 18. The first-order valence-electron chi connectivity index (χ1n) is 34.7. The van der Waals surface area contributed by atoms with Crippen molar-refractivity contribution in [3.63, 3.8) is 0 Å². The van der Waals surface area contributed by atoms with Crippen LogP contribution in [0.4, 0.5) is 0 Å². The second-order valence-corrected chi connectivity index (χ2v) is 27.8. The smallest absolute Gasteiger partial charge is 0.326 e. The fourth-order valence-corrected chi connectivity index (χ4v) is 10.4. The van der Waals surface area contributed by atoms with Crippen molar-refractivity contribution in [1.29, 1.82) is 0 Å². The van der Waals surface area contributed by atoms with E-state index in [1.165, 1.54) is 52.0 Å². The molecule has 0 bridgehead atoms. The predicted octanol–water partition coefficient (Wildman–Crippen LogP) is -1.78. The van der Waals surface area contributed by atoms with Crippen molar-refractivity contribution < 1.29 is 87.2 Å². The molecule has 574 valence electrons. The van der Waals surface area contributed by atoms with E-state index in [1.54, 1.807) is 85.7 Å². The summed E-state index contributed by atoms with van der Waals surface area (Å²) in [7, 11) is 0. The molecule has 0 spiro atoms. The zero-order valence-corrected chi connectivity index (χ0v) is 61.4. The quantitative estimate of drug-likeness (QED) is 0.0348. The van der Waals surface area contributed by atoms with E-state index in [0.717, 1.165) is 0 Å². The minimum absolute atomic E-state index is 0.0154. The number of aromatic hydroxyl groups is 1. The van der Waals surface area contributed by atoms with Crippen molar-refractivity contribution in [3.05, 3.63) is 65.7 Å². The number of phenols is 1. The lowest BCUT2D eigenvalue weighted by atomic mass is 9.98. The van der Waals surface area contributed by atoms with Crippen molar-refractivity contribution >= 4 is 88.7 Å². The van der Waals surface area contributed by atoms with E-state index in [9.17, 15) is 87.2 Å². The molecule has 15 atom stereocenters. The standard InChI is InChI=1S/C70H111N15O18/c1-15-38(10)57(70(102)103)85-62(94)47(26-28-54(72)89)78-67(99)52(33-44-21-23-45(87)24-22-44)80-60(92)41(13)75-63(95)51(32-43-19-17-16-18-20-43)79-59(91)40(12)74-58(90)39(11)76-69(101)56(37(8)9)84-61(93)46(25-27-53(71)88)77-64(96)48(29-34(2)3)81-65(97)49(30-35(4)5)82-66(98)50(31-36(6)7)83-68(100)55(73)42(14)86/h16-24,34-42,46-52,55-57,86-87H,15,25-33,73H2,1-14H3,(H2,71,88)(H2,72,89)(H,74,90)(H,75,95)(H,76,101)(H,77,96)(H,78,99)(H,79,91)(H,80,92)(H,81,97)(H,82,98)(H,83,100)(H,84,93)(H,85,94)(H,102,103)/t38-,39-,40-,41-,42+,46-,47-,48-,49-,50-,51-,52-,55-,56-,57-/m0/s1. The number of hydrogen-bond acceptors (Lipinski definition) is 18. The lowest BCUT2D eigenvalue weighted by Gasteiger charge is -2.29. The van der Waals surface area contributed by atoms with Crippen LogP contribution in [-0.2, 0) is 84.8 Å². The Hall–Kier alpha value is -9.79. The molecule has 0 aromatic heterocycles. The number of aliphatic carboxylic acids is 1. The van der Waals surface area contributed by atoms with Crippen LogP contribution in [0.2, 0.25) is 0 Å². The fourth-order valence-electron chi connectivity index (χ4n) is 10.4. The first kappa shape index (κ1) is 89.3. The first-order valence-corrected chi connectivity index (χ1v) is 34.7. The molecule has 0 saturated carbocycles. The highest BCUT2D eigenvalue weighted by Gasteiger charge is 2.38. The molecule has 0 unspecified atom stereocenters. The molecule has 0 saturated heterocycles. The van der Waals surface area contributed by atoms with Gasteiger partial charge in [0.25, 0.3) is 0 Å². The minimum atomic E-state index is -1.54. The third-order valence-electron chi connectivity index (χ3n) is 16.7. The Balaban J connectivity index is 2.35. The SMILES string of the molecule is CC[C@H](C)[C@H](NC(=O)[C@H](CCC(N)=O)NC(=O)[C@H](Cc1ccc(O)cc1)NC(=O)[C@H](C)NC(=O)[C@H](Cc1ccccc1)NC(=O)[C@H](C)NC(=O)[C@H](C)NC(=O)[C@@H](NC(=O)[C@H](CCC(N)=O)NC(=O)[C@H](CC(C)C)NC(=O)[C@H](CC(C)C)NC(=O)[C@H](CC(C)C)NC(=O)[C@@H](N)[C@@H](C)O)C(C)C)C(=O)O. The maximum absolute atomic E-state index is 14.3. The lowest BCUT2D eigenvalue weighted by Crippen LogP contribution is -2.61. The van der Waals surface area contributed by atoms with Gasteiger partial charge in [0.1, 0.15) is 84.3 Å². The number of carbonyl (C=O) groups excluding carboxylic acids is 14. The maximum Gasteiger partial charge on any atom is 0.326 e. The number of aliphatic hydroxyl groups is 1. The monoisotopic (exact) mass is 1450 g/mol. The molecule has 0 aliphatic rings. The summed E-state index contributed by atoms with van der Waals surface area (Å²) in [6.07, 6.45) is -2.60. The van der Waals surface area contributed by atoms with E-state index in [0.29, 0.717) is 17.5 Å². The molecule has 2 aromatic carbocycles. The van der Waals surface area contributed by atoms with E-state index in [-0.39, 0.29) is 68.4 Å². The first-order chi connectivity index (χ1) is 48.0. The summed E-state index contributed by atoms with van der Waals surface area (Å²) < 4.78 is 0. The highest BCUT2D eigenvalue weighted by Crippen LogP contribution is 2.17. The maximum atomic E-state index is 14.3. The largest absolute Gasteiger partial charge is 0.508 e. The molecule has 33 nitrogen and oxygen atoms in total. The van der Waals surface area contributed by atoms with Gasteiger partial charge in [0.15, 0.2) is 0 Å². The van der Waals surface area contributed by atoms with Crippen molar-refractivity contribution in [2.24, 2.45) is 46.8 Å². The van der Waals surface area contributed by atoms with E-state index < -0.39 is 198 Å². The Morgan fingerprint density at radius 3 is 1.05 bits per heavy atom. The molecule has 0 aliphatic carbocycles. The van der Waals surface area contributed by atoms with Crippen molar-refractivity contribution in [1.82, 2.24) is 63.8 Å². The number of carboxylic acids is 1. The molecule has 2 aromatic rings. The van der Waals surface area contributed by atoms with Gasteiger partial charge in [0.05, 0.1) is 6.10 Å². The summed E-state index contributed by atoms with van der Waals surface area (Å²) in [5.74, 6) is -15.5. The Morgan fingerprint density at radius 1 is 0.379 bits per heavy atom. The summed E-state index contributed by atoms with van der Waals surface area (Å²) in [6, 6.07) is -4.16. The number of phenolic OH excluding ortho intramolecular Hbond substituents is 1. The third-order valence-corrected chi connectivity index (χ3v) is 16.7. The summed E-state index contributed by atoms with van der Waals surface area (Å²) in [5.41, 5.74) is 17.7. The second-order valence-electron chi connectivity index (χ2n) is 27.8. The molecule has 0 heterocycles. The summed E-state index contributed by atoms with van der Waals surface area (Å²) in [5, 5.41) is 60.4. The van der Waals surface area contributed by atoms with E-state index >= 15 is 0 Å². The van der Waals surface area contributed by atoms with E-state index in [1.807, 2.05) is 13.8 Å². The van der Waals surface area contributed by atoms with Gasteiger partial charge < -0.3 is 96.3 Å². The molecule has 21 N–H and O–H groups in total. The lowest BCUT2D eigenvalue weighted by molar-refractivity contribution is -0.144. The molecule has 0 fully saturated rings. The number of benzene rings is 2. The highest BCUT2D eigenvalue weighted by molar-refractivity contribution is 6.00. The number of nitrogens with one attached hydrogen (secondary N) is 12. The molecule has 14 amide bonds. The average molecular weight is 1450 g/mol. The topological polar surface area (TPSA) is 539 Å². The number of carbonyl (C=O) groups is 15. The molecule has 33 heteroatoms. The fraction of sp³-hybridized carbons (Fsp3) is 0.614. The number of primary amides is 2. The average Bonchev–Trinajstić information content (AvgIpc) is 0.866. The summed E-state index contributed by atoms with van der Waals surface area (Å²) >= 11 is 0. The predicted molar refractivity (Wildman–Crippen MR) is 379 cm³/mol. The summed E-state index contributed by atoms with van der Waals surface area (Å²) in [6.45, 7) is 22.4. The van der Waals surface area contributed by atoms with Crippen LogP contribution in [0.25, 0.3) is 0 Å². The number of amides is 14. The van der Waals surface area contributed by atoms with Crippen molar-refractivity contribution in [2.45, 2.75) is 246 Å². The number of aliphatic hydroxyl groups excluding tert-OH is 1. The number of nitrogens with two attached hydrogens (primary N) is 3.